The van der Waals surface area contributed by atoms with Gasteiger partial charge in [0.1, 0.15) is 23.8 Å². The van der Waals surface area contributed by atoms with Gasteiger partial charge in [-0.25, -0.2) is 0 Å². The van der Waals surface area contributed by atoms with Gasteiger partial charge in [0.25, 0.3) is 0 Å². The minimum absolute atomic E-state index is 0.127. The molecule has 0 fully saturated rings. The average Bonchev–Trinajstić information content (AvgIpc) is 3.38. The van der Waals surface area contributed by atoms with Gasteiger partial charge in [-0.3, -0.25) is 9.48 Å². The van der Waals surface area contributed by atoms with Crippen LogP contribution in [0, 0.1) is 0 Å². The first-order chi connectivity index (χ1) is 14.1. The summed E-state index contributed by atoms with van der Waals surface area (Å²) in [5.74, 6) is 1.51. The number of ketones is 1. The first kappa shape index (κ1) is 19.0. The zero-order valence-electron chi connectivity index (χ0n) is 16.7. The Morgan fingerprint density at radius 1 is 1.14 bits per heavy atom. The molecule has 0 radical (unpaired) electrons. The molecule has 1 heterocycles. The zero-order valence-corrected chi connectivity index (χ0v) is 16.7. The Kier molecular flexibility index (Phi) is 5.47. The summed E-state index contributed by atoms with van der Waals surface area (Å²) in [6, 6.07) is 13.8. The third-order valence-corrected chi connectivity index (χ3v) is 5.16. The van der Waals surface area contributed by atoms with Crippen molar-refractivity contribution in [3.8, 4) is 11.5 Å². The quantitative estimate of drug-likeness (QED) is 0.445. The molecule has 5 heteroatoms. The number of hydrogen-bond acceptors (Lipinski definition) is 4. The van der Waals surface area contributed by atoms with Gasteiger partial charge in [0.15, 0.2) is 0 Å². The fraction of sp³-hybridized carbons (Fsp3) is 0.250. The molecule has 1 aliphatic carbocycles. The summed E-state index contributed by atoms with van der Waals surface area (Å²) in [5, 5.41) is 4.13. The minimum Gasteiger partial charge on any atom is -0.496 e. The van der Waals surface area contributed by atoms with E-state index in [-0.39, 0.29) is 5.78 Å². The maximum absolute atomic E-state index is 12.2. The van der Waals surface area contributed by atoms with Crippen molar-refractivity contribution in [2.24, 2.45) is 7.05 Å². The summed E-state index contributed by atoms with van der Waals surface area (Å²) in [7, 11) is 3.44. The van der Waals surface area contributed by atoms with Crippen LogP contribution in [-0.2, 0) is 26.5 Å². The van der Waals surface area contributed by atoms with Gasteiger partial charge in [0.05, 0.1) is 7.11 Å². The highest BCUT2D eigenvalue weighted by molar-refractivity contribution is 6.05. The van der Waals surface area contributed by atoms with Gasteiger partial charge >= 0.3 is 0 Å². The van der Waals surface area contributed by atoms with E-state index < -0.39 is 0 Å². The molecule has 2 aromatic carbocycles. The van der Waals surface area contributed by atoms with Crippen molar-refractivity contribution in [3.63, 3.8) is 0 Å². The number of aryl methyl sites for hydroxylation is 3. The molecule has 1 aromatic heterocycles. The molecule has 0 spiro atoms. The molecule has 0 N–H and O–H groups in total. The lowest BCUT2D eigenvalue weighted by molar-refractivity contribution is 0.104. The second kappa shape index (κ2) is 8.35. The molecule has 0 amide bonds. The number of allylic oxidation sites excluding steroid dienone is 1. The van der Waals surface area contributed by atoms with Gasteiger partial charge in [-0.05, 0) is 72.4 Å². The summed E-state index contributed by atoms with van der Waals surface area (Å²) in [6.07, 6.45) is 8.58. The summed E-state index contributed by atoms with van der Waals surface area (Å²) in [5.41, 5.74) is 5.08. The van der Waals surface area contributed by atoms with Crippen molar-refractivity contribution in [1.82, 2.24) is 9.78 Å². The molecule has 0 saturated heterocycles. The number of benzene rings is 2. The first-order valence-electron chi connectivity index (χ1n) is 9.76. The second-order valence-electron chi connectivity index (χ2n) is 7.22. The monoisotopic (exact) mass is 388 g/mol. The van der Waals surface area contributed by atoms with Crippen molar-refractivity contribution in [1.29, 1.82) is 0 Å². The number of fused-ring (bicyclic) bond motifs is 1. The highest BCUT2D eigenvalue weighted by Gasteiger charge is 2.12. The molecule has 0 bridgehead atoms. The Morgan fingerprint density at radius 3 is 2.79 bits per heavy atom. The van der Waals surface area contributed by atoms with Crippen molar-refractivity contribution in [3.05, 3.63) is 82.7 Å². The summed E-state index contributed by atoms with van der Waals surface area (Å²) in [6.45, 7) is 0.401. The van der Waals surface area contributed by atoms with Crippen LogP contribution in [0.25, 0.3) is 6.08 Å². The number of ether oxygens (including phenoxy) is 2. The van der Waals surface area contributed by atoms with Crippen LogP contribution in [0.1, 0.15) is 39.2 Å². The molecule has 0 atom stereocenters. The highest BCUT2D eigenvalue weighted by atomic mass is 16.5. The number of aromatic nitrogens is 2. The Labute approximate surface area is 170 Å². The number of carbonyl (C=O) groups excluding carboxylic acids is 1. The van der Waals surface area contributed by atoms with Gasteiger partial charge in [-0.1, -0.05) is 18.2 Å². The van der Waals surface area contributed by atoms with Crippen LogP contribution in [0.2, 0.25) is 0 Å². The van der Waals surface area contributed by atoms with E-state index in [2.05, 4.69) is 17.2 Å². The summed E-state index contributed by atoms with van der Waals surface area (Å²) < 4.78 is 13.1. The molecule has 1 aliphatic rings. The number of methoxy groups -OCH3 is 1. The topological polar surface area (TPSA) is 53.4 Å². The van der Waals surface area contributed by atoms with Crippen LogP contribution >= 0.6 is 0 Å². The Balaban J connectivity index is 1.47. The highest BCUT2D eigenvalue weighted by Crippen LogP contribution is 2.28. The zero-order chi connectivity index (χ0) is 20.2. The van der Waals surface area contributed by atoms with Crippen molar-refractivity contribution >= 4 is 11.9 Å². The first-order valence-corrected chi connectivity index (χ1v) is 9.76. The van der Waals surface area contributed by atoms with Gasteiger partial charge < -0.3 is 9.47 Å². The molecule has 4 rings (SSSR count). The third-order valence-electron chi connectivity index (χ3n) is 5.16. The van der Waals surface area contributed by atoms with Crippen molar-refractivity contribution < 1.29 is 14.3 Å². The number of nitrogens with zero attached hydrogens (tertiary/aromatic N) is 2. The second-order valence-corrected chi connectivity index (χ2v) is 7.22. The van der Waals surface area contributed by atoms with Crippen LogP contribution in [0.3, 0.4) is 0 Å². The molecule has 5 nitrogen and oxygen atoms in total. The Bertz CT molecular complexity index is 1070. The van der Waals surface area contributed by atoms with Gasteiger partial charge in [0, 0.05) is 18.8 Å². The summed E-state index contributed by atoms with van der Waals surface area (Å²) >= 11 is 0. The molecule has 0 unspecified atom stereocenters. The van der Waals surface area contributed by atoms with Crippen molar-refractivity contribution in [2.45, 2.75) is 25.9 Å². The van der Waals surface area contributed by atoms with E-state index in [0.717, 1.165) is 35.5 Å². The fourth-order valence-corrected chi connectivity index (χ4v) is 3.62. The largest absolute Gasteiger partial charge is 0.496 e. The van der Waals surface area contributed by atoms with Crippen LogP contribution in [0.4, 0.5) is 0 Å². The standard InChI is InChI=1S/C24H24N2O3/c1-26-13-12-22(25-26)23(27)10-6-17-7-11-24(28-2)20(14-17)16-29-21-9-8-18-4-3-5-19(18)15-21/h6-15H,3-5,16H2,1-2H3/b10-6+. The van der Waals surface area contributed by atoms with Gasteiger partial charge in [-0.15, -0.1) is 0 Å². The van der Waals surface area contributed by atoms with E-state index in [0.29, 0.717) is 12.3 Å². The van der Waals surface area contributed by atoms with E-state index in [9.17, 15) is 4.79 Å². The van der Waals surface area contributed by atoms with E-state index in [1.54, 1.807) is 37.2 Å². The van der Waals surface area contributed by atoms with Gasteiger partial charge in [0.2, 0.25) is 5.78 Å². The smallest absolute Gasteiger partial charge is 0.206 e. The minimum atomic E-state index is -0.127. The molecule has 29 heavy (non-hydrogen) atoms. The van der Waals surface area contributed by atoms with E-state index in [4.69, 9.17) is 9.47 Å². The average molecular weight is 388 g/mol. The maximum atomic E-state index is 12.2. The number of hydrogen-bond donors (Lipinski definition) is 0. The molecule has 0 aliphatic heterocycles. The van der Waals surface area contributed by atoms with E-state index >= 15 is 0 Å². The van der Waals surface area contributed by atoms with Crippen LogP contribution in [-0.4, -0.2) is 22.7 Å². The normalized spacial score (nSPS) is 12.9. The van der Waals surface area contributed by atoms with Crippen LogP contribution < -0.4 is 9.47 Å². The van der Waals surface area contributed by atoms with Crippen LogP contribution in [0.5, 0.6) is 11.5 Å². The SMILES string of the molecule is COc1ccc(/C=C/C(=O)c2ccn(C)n2)cc1COc1ccc2c(c1)CCC2. The lowest BCUT2D eigenvalue weighted by atomic mass is 10.1. The van der Waals surface area contributed by atoms with Crippen molar-refractivity contribution in [2.75, 3.05) is 7.11 Å². The molecular formula is C24H24N2O3. The Morgan fingerprint density at radius 2 is 2.00 bits per heavy atom. The molecule has 148 valence electrons. The van der Waals surface area contributed by atoms with E-state index in [1.165, 1.54) is 23.6 Å². The number of rotatable bonds is 7. The van der Waals surface area contributed by atoms with Crippen LogP contribution in [0.15, 0.2) is 54.7 Å². The summed E-state index contributed by atoms with van der Waals surface area (Å²) in [4.78, 5) is 12.2. The third kappa shape index (κ3) is 4.40. The number of carbonyl (C=O) groups is 1. The lowest BCUT2D eigenvalue weighted by Gasteiger charge is -2.12. The lowest BCUT2D eigenvalue weighted by Crippen LogP contribution is -2.00. The van der Waals surface area contributed by atoms with E-state index in [1.807, 2.05) is 24.3 Å². The van der Waals surface area contributed by atoms with Gasteiger partial charge in [-0.2, -0.15) is 5.10 Å². The predicted molar refractivity (Wildman–Crippen MR) is 112 cm³/mol. The Hall–Kier alpha value is -3.34. The maximum Gasteiger partial charge on any atom is 0.206 e. The fourth-order valence-electron chi connectivity index (χ4n) is 3.62. The molecule has 0 saturated carbocycles. The predicted octanol–water partition coefficient (Wildman–Crippen LogP) is 4.39. The molecular weight excluding hydrogens is 364 g/mol. The molecule has 3 aromatic rings.